The Bertz CT molecular complexity index is 883. The molecule has 0 fully saturated rings. The Morgan fingerprint density at radius 1 is 1.23 bits per heavy atom. The van der Waals surface area contributed by atoms with Gasteiger partial charge in [0.25, 0.3) is 0 Å². The Morgan fingerprint density at radius 2 is 2.04 bits per heavy atom. The van der Waals surface area contributed by atoms with Crippen molar-refractivity contribution in [3.8, 4) is 5.75 Å². The first-order valence-electron chi connectivity index (χ1n) is 8.05. The van der Waals surface area contributed by atoms with E-state index >= 15 is 0 Å². The number of benzene rings is 2. The van der Waals surface area contributed by atoms with Gasteiger partial charge in [-0.2, -0.15) is 10.1 Å². The quantitative estimate of drug-likeness (QED) is 0.336. The summed E-state index contributed by atoms with van der Waals surface area (Å²) in [5.74, 6) is 2.13. The molecule has 0 unspecified atom stereocenters. The number of aromatic amines is 1. The molecule has 0 atom stereocenters. The highest BCUT2D eigenvalue weighted by Gasteiger charge is 2.04. The average Bonchev–Trinajstić information content (AvgIpc) is 3.10. The van der Waals surface area contributed by atoms with Crippen molar-refractivity contribution >= 4 is 35.5 Å². The lowest BCUT2D eigenvalue weighted by Gasteiger charge is -2.10. The lowest BCUT2D eigenvalue weighted by atomic mass is 10.2. The van der Waals surface area contributed by atoms with Crippen LogP contribution in [0.5, 0.6) is 5.75 Å². The van der Waals surface area contributed by atoms with E-state index in [1.54, 1.807) is 18.0 Å². The number of aromatic nitrogens is 3. The fourth-order valence-corrected chi connectivity index (χ4v) is 2.86. The van der Waals surface area contributed by atoms with Crippen LogP contribution in [0.1, 0.15) is 18.1 Å². The van der Waals surface area contributed by atoms with E-state index in [9.17, 15) is 0 Å². The predicted molar refractivity (Wildman–Crippen MR) is 106 cm³/mol. The monoisotopic (exact) mass is 387 g/mol. The third-order valence-electron chi connectivity index (χ3n) is 3.37. The maximum absolute atomic E-state index is 6.17. The second-order valence-electron chi connectivity index (χ2n) is 5.19. The standard InChI is InChI=1S/C18H18ClN5OS/c1-2-26-18-21-17(23-24-18)22-20-11-13-7-4-6-10-16(13)25-12-14-8-3-5-9-15(14)19/h3-11H,2,12H2,1H3,(H2,21,22,23,24)/b20-11-. The molecule has 0 radical (unpaired) electrons. The van der Waals surface area contributed by atoms with E-state index in [0.29, 0.717) is 22.7 Å². The van der Waals surface area contributed by atoms with Crippen LogP contribution >= 0.6 is 23.4 Å². The molecule has 0 aliphatic rings. The minimum atomic E-state index is 0.387. The summed E-state index contributed by atoms with van der Waals surface area (Å²) >= 11 is 7.73. The largest absolute Gasteiger partial charge is 0.488 e. The smallest absolute Gasteiger partial charge is 0.240 e. The molecule has 2 N–H and O–H groups in total. The average molecular weight is 388 g/mol. The molecule has 0 bridgehead atoms. The molecule has 1 heterocycles. The van der Waals surface area contributed by atoms with Gasteiger partial charge in [-0.05, 0) is 24.0 Å². The van der Waals surface area contributed by atoms with Crippen LogP contribution in [-0.2, 0) is 6.61 Å². The molecule has 0 amide bonds. The highest BCUT2D eigenvalue weighted by Crippen LogP contribution is 2.21. The number of thioether (sulfide) groups is 1. The van der Waals surface area contributed by atoms with Crippen LogP contribution in [0, 0.1) is 0 Å². The number of anilines is 1. The van der Waals surface area contributed by atoms with Crippen LogP contribution < -0.4 is 10.2 Å². The lowest BCUT2D eigenvalue weighted by Crippen LogP contribution is -2.00. The summed E-state index contributed by atoms with van der Waals surface area (Å²) in [4.78, 5) is 4.26. The van der Waals surface area contributed by atoms with Crippen LogP contribution in [0.3, 0.4) is 0 Å². The van der Waals surface area contributed by atoms with E-state index in [1.165, 1.54) is 0 Å². The second-order valence-corrected chi connectivity index (χ2v) is 6.83. The van der Waals surface area contributed by atoms with Crippen molar-refractivity contribution in [2.24, 2.45) is 5.10 Å². The van der Waals surface area contributed by atoms with Gasteiger partial charge in [0, 0.05) is 16.1 Å². The van der Waals surface area contributed by atoms with Crippen molar-refractivity contribution < 1.29 is 4.74 Å². The fraction of sp³-hybridized carbons (Fsp3) is 0.167. The Morgan fingerprint density at radius 3 is 2.88 bits per heavy atom. The molecule has 0 aliphatic heterocycles. The second kappa shape index (κ2) is 9.26. The highest BCUT2D eigenvalue weighted by atomic mass is 35.5. The summed E-state index contributed by atoms with van der Waals surface area (Å²) in [5.41, 5.74) is 4.61. The SMILES string of the molecule is CCSc1n[nH]c(N/N=C\c2ccccc2OCc2ccccc2Cl)n1. The topological polar surface area (TPSA) is 75.2 Å². The van der Waals surface area contributed by atoms with Crippen molar-refractivity contribution in [2.75, 3.05) is 11.2 Å². The first-order chi connectivity index (χ1) is 12.8. The molecular weight excluding hydrogens is 370 g/mol. The summed E-state index contributed by atoms with van der Waals surface area (Å²) in [7, 11) is 0. The molecule has 1 aromatic heterocycles. The number of halogens is 1. The molecule has 3 rings (SSSR count). The van der Waals surface area contributed by atoms with E-state index in [1.807, 2.05) is 55.5 Å². The zero-order valence-corrected chi connectivity index (χ0v) is 15.7. The van der Waals surface area contributed by atoms with E-state index in [2.05, 4.69) is 25.7 Å². The maximum Gasteiger partial charge on any atom is 0.240 e. The van der Waals surface area contributed by atoms with Gasteiger partial charge in [-0.1, -0.05) is 60.6 Å². The molecule has 0 spiro atoms. The van der Waals surface area contributed by atoms with E-state index in [4.69, 9.17) is 16.3 Å². The van der Waals surface area contributed by atoms with Crippen LogP contribution in [0.25, 0.3) is 0 Å². The minimum Gasteiger partial charge on any atom is -0.488 e. The molecule has 3 aromatic rings. The van der Waals surface area contributed by atoms with Gasteiger partial charge in [0.2, 0.25) is 11.1 Å². The number of ether oxygens (including phenoxy) is 1. The molecule has 2 aromatic carbocycles. The van der Waals surface area contributed by atoms with Gasteiger partial charge in [-0.3, -0.25) is 0 Å². The first kappa shape index (κ1) is 18.3. The van der Waals surface area contributed by atoms with E-state index in [-0.39, 0.29) is 0 Å². The predicted octanol–water partition coefficient (Wildman–Crippen LogP) is 4.60. The molecule has 0 aliphatic carbocycles. The van der Waals surface area contributed by atoms with Crippen molar-refractivity contribution in [2.45, 2.75) is 18.7 Å². The summed E-state index contributed by atoms with van der Waals surface area (Å²) in [6.07, 6.45) is 1.68. The van der Waals surface area contributed by atoms with Gasteiger partial charge >= 0.3 is 0 Å². The number of hydrogen-bond acceptors (Lipinski definition) is 6. The summed E-state index contributed by atoms with van der Waals surface area (Å²) in [6.45, 7) is 2.43. The van der Waals surface area contributed by atoms with Gasteiger partial charge < -0.3 is 4.74 Å². The van der Waals surface area contributed by atoms with Gasteiger partial charge in [0.05, 0.1) is 6.21 Å². The van der Waals surface area contributed by atoms with Gasteiger partial charge in [-0.15, -0.1) is 5.10 Å². The Kier molecular flexibility index (Phi) is 6.51. The third-order valence-corrected chi connectivity index (χ3v) is 4.47. The lowest BCUT2D eigenvalue weighted by molar-refractivity contribution is 0.306. The Hall–Kier alpha value is -2.51. The van der Waals surface area contributed by atoms with Crippen molar-refractivity contribution in [3.63, 3.8) is 0 Å². The summed E-state index contributed by atoms with van der Waals surface area (Å²) < 4.78 is 5.90. The Balaban J connectivity index is 1.63. The maximum atomic E-state index is 6.17. The Labute approximate surface area is 161 Å². The van der Waals surface area contributed by atoms with Crippen molar-refractivity contribution in [1.29, 1.82) is 0 Å². The number of rotatable bonds is 8. The zero-order valence-electron chi connectivity index (χ0n) is 14.1. The van der Waals surface area contributed by atoms with Crippen LogP contribution in [0.15, 0.2) is 58.8 Å². The van der Waals surface area contributed by atoms with E-state index < -0.39 is 0 Å². The van der Waals surface area contributed by atoms with Crippen LogP contribution in [-0.4, -0.2) is 27.1 Å². The fourth-order valence-electron chi connectivity index (χ4n) is 2.14. The number of hydrazone groups is 1. The number of nitrogens with one attached hydrogen (secondary N) is 2. The molecule has 0 saturated heterocycles. The summed E-state index contributed by atoms with van der Waals surface area (Å²) in [6, 6.07) is 15.3. The molecule has 8 heteroatoms. The number of hydrogen-bond donors (Lipinski definition) is 2. The number of para-hydroxylation sites is 1. The zero-order chi connectivity index (χ0) is 18.2. The molecule has 6 nitrogen and oxygen atoms in total. The number of H-pyrrole nitrogens is 1. The first-order valence-corrected chi connectivity index (χ1v) is 9.42. The normalized spacial score (nSPS) is 11.0. The van der Waals surface area contributed by atoms with Crippen LogP contribution in [0.2, 0.25) is 5.02 Å². The third kappa shape index (κ3) is 5.00. The van der Waals surface area contributed by atoms with Crippen molar-refractivity contribution in [3.05, 3.63) is 64.7 Å². The minimum absolute atomic E-state index is 0.387. The van der Waals surface area contributed by atoms with Gasteiger partial charge in [0.1, 0.15) is 12.4 Å². The molecular formula is C18H18ClN5OS. The molecule has 26 heavy (non-hydrogen) atoms. The van der Waals surface area contributed by atoms with Crippen molar-refractivity contribution in [1.82, 2.24) is 15.2 Å². The van der Waals surface area contributed by atoms with Crippen LogP contribution in [0.4, 0.5) is 5.95 Å². The highest BCUT2D eigenvalue weighted by molar-refractivity contribution is 7.99. The van der Waals surface area contributed by atoms with E-state index in [0.717, 1.165) is 22.6 Å². The molecule has 0 saturated carbocycles. The van der Waals surface area contributed by atoms with Gasteiger partial charge in [0.15, 0.2) is 0 Å². The van der Waals surface area contributed by atoms with Gasteiger partial charge in [-0.25, -0.2) is 10.5 Å². The summed E-state index contributed by atoms with van der Waals surface area (Å²) in [5, 5.41) is 12.4. The molecule has 134 valence electrons. The number of nitrogens with zero attached hydrogens (tertiary/aromatic N) is 3.